The largest absolute Gasteiger partial charge is 0.489 e. The molecule has 0 fully saturated rings. The Labute approximate surface area is 75.5 Å². The van der Waals surface area contributed by atoms with Gasteiger partial charge >= 0.3 is 5.82 Å². The van der Waals surface area contributed by atoms with Crippen molar-refractivity contribution in [3.05, 3.63) is 16.3 Å². The molecule has 0 saturated carbocycles. The van der Waals surface area contributed by atoms with Gasteiger partial charge in [0.15, 0.2) is 0 Å². The highest BCUT2D eigenvalue weighted by atomic mass is 16.6. The van der Waals surface area contributed by atoms with Gasteiger partial charge in [-0.25, -0.2) is 9.97 Å². The van der Waals surface area contributed by atoms with Crippen LogP contribution in [0.2, 0.25) is 0 Å². The third kappa shape index (κ3) is 1.16. The third-order valence-electron chi connectivity index (χ3n) is 1.44. The SMILES string of the molecule is O=[N+]([O-])c1cnc(-c2onnc2O)[nH]1. The lowest BCUT2D eigenvalue weighted by Crippen LogP contribution is -1.86. The molecule has 0 aliphatic rings. The molecule has 9 heteroatoms. The number of aromatic amines is 1. The van der Waals surface area contributed by atoms with Crippen LogP contribution >= 0.6 is 0 Å². The van der Waals surface area contributed by atoms with E-state index in [-0.39, 0.29) is 17.4 Å². The molecule has 0 radical (unpaired) electrons. The molecule has 14 heavy (non-hydrogen) atoms. The maximum Gasteiger partial charge on any atom is 0.341 e. The maximum atomic E-state index is 10.3. The minimum atomic E-state index is -0.655. The Bertz CT molecular complexity index is 474. The van der Waals surface area contributed by atoms with Crippen molar-refractivity contribution in [2.45, 2.75) is 0 Å². The quantitative estimate of drug-likeness (QED) is 0.514. The summed E-state index contributed by atoms with van der Waals surface area (Å²) in [5.74, 6) is -0.928. The van der Waals surface area contributed by atoms with Crippen molar-refractivity contribution >= 4 is 5.82 Å². The van der Waals surface area contributed by atoms with E-state index in [1.54, 1.807) is 0 Å². The molecule has 0 aliphatic carbocycles. The van der Waals surface area contributed by atoms with Gasteiger partial charge in [-0.1, -0.05) is 5.10 Å². The average molecular weight is 197 g/mol. The molecule has 0 aliphatic heterocycles. The van der Waals surface area contributed by atoms with Gasteiger partial charge in [-0.3, -0.25) is 0 Å². The summed E-state index contributed by atoms with van der Waals surface area (Å²) in [7, 11) is 0. The number of nitrogens with one attached hydrogen (secondary N) is 1. The molecule has 2 aromatic heterocycles. The summed E-state index contributed by atoms with van der Waals surface area (Å²) in [6.45, 7) is 0. The molecule has 72 valence electrons. The second kappa shape index (κ2) is 2.80. The Morgan fingerprint density at radius 3 is 2.93 bits per heavy atom. The lowest BCUT2D eigenvalue weighted by molar-refractivity contribution is -0.389. The summed E-state index contributed by atoms with van der Waals surface area (Å²) in [4.78, 5) is 15.5. The number of aromatic nitrogens is 4. The third-order valence-corrected chi connectivity index (χ3v) is 1.44. The van der Waals surface area contributed by atoms with Crippen molar-refractivity contribution in [1.82, 2.24) is 20.3 Å². The first kappa shape index (κ1) is 8.16. The molecule has 0 spiro atoms. The number of imidazole rings is 1. The average Bonchev–Trinajstić information content (AvgIpc) is 2.71. The fourth-order valence-electron chi connectivity index (χ4n) is 0.855. The zero-order chi connectivity index (χ0) is 10.1. The van der Waals surface area contributed by atoms with Gasteiger partial charge in [0.1, 0.15) is 6.20 Å². The Kier molecular flexibility index (Phi) is 1.63. The predicted molar refractivity (Wildman–Crippen MR) is 40.2 cm³/mol. The van der Waals surface area contributed by atoms with E-state index in [0.717, 1.165) is 6.20 Å². The van der Waals surface area contributed by atoms with Gasteiger partial charge in [-0.15, -0.1) is 0 Å². The van der Waals surface area contributed by atoms with Crippen molar-refractivity contribution < 1.29 is 14.6 Å². The van der Waals surface area contributed by atoms with E-state index in [9.17, 15) is 10.1 Å². The van der Waals surface area contributed by atoms with Gasteiger partial charge in [-0.05, 0) is 4.92 Å². The molecule has 2 heterocycles. The van der Waals surface area contributed by atoms with Crippen LogP contribution < -0.4 is 0 Å². The van der Waals surface area contributed by atoms with Gasteiger partial charge in [-0.2, -0.15) is 0 Å². The van der Waals surface area contributed by atoms with Crippen LogP contribution in [-0.4, -0.2) is 30.4 Å². The molecule has 0 saturated heterocycles. The molecule has 0 aromatic carbocycles. The number of hydrogen-bond acceptors (Lipinski definition) is 7. The first-order valence-corrected chi connectivity index (χ1v) is 3.39. The van der Waals surface area contributed by atoms with Crippen LogP contribution in [0.3, 0.4) is 0 Å². The monoisotopic (exact) mass is 197 g/mol. The van der Waals surface area contributed by atoms with E-state index in [4.69, 9.17) is 5.11 Å². The van der Waals surface area contributed by atoms with Gasteiger partial charge in [0.2, 0.25) is 0 Å². The number of nitrogens with zero attached hydrogens (tertiary/aromatic N) is 4. The molecule has 0 unspecified atom stereocenters. The number of aromatic hydroxyl groups is 1. The highest BCUT2D eigenvalue weighted by Gasteiger charge is 2.20. The number of rotatable bonds is 2. The van der Waals surface area contributed by atoms with Crippen LogP contribution in [0.1, 0.15) is 0 Å². The second-order valence-corrected chi connectivity index (χ2v) is 2.30. The Morgan fingerprint density at radius 2 is 2.43 bits per heavy atom. The van der Waals surface area contributed by atoms with E-state index >= 15 is 0 Å². The number of nitro groups is 1. The summed E-state index contributed by atoms with van der Waals surface area (Å²) in [5, 5.41) is 25.5. The van der Waals surface area contributed by atoms with Gasteiger partial charge in [0.25, 0.3) is 17.5 Å². The van der Waals surface area contributed by atoms with E-state index in [2.05, 4.69) is 24.9 Å². The van der Waals surface area contributed by atoms with Crippen LogP contribution in [0.5, 0.6) is 5.88 Å². The van der Waals surface area contributed by atoms with Crippen LogP contribution in [0.15, 0.2) is 10.7 Å². The molecule has 9 nitrogen and oxygen atoms in total. The van der Waals surface area contributed by atoms with Crippen molar-refractivity contribution in [2.75, 3.05) is 0 Å². The molecule has 2 N–H and O–H groups in total. The molecule has 2 aromatic rings. The fraction of sp³-hybridized carbons (Fsp3) is 0. The second-order valence-electron chi connectivity index (χ2n) is 2.30. The summed E-state index contributed by atoms with van der Waals surface area (Å²) in [6.07, 6.45) is 0.997. The first-order valence-electron chi connectivity index (χ1n) is 3.39. The van der Waals surface area contributed by atoms with Gasteiger partial charge in [0.05, 0.1) is 0 Å². The predicted octanol–water partition coefficient (Wildman–Crippen LogP) is 0.0735. The molecule has 2 rings (SSSR count). The Hall–Kier alpha value is -2.45. The van der Waals surface area contributed by atoms with Gasteiger partial charge < -0.3 is 19.7 Å². The lowest BCUT2D eigenvalue weighted by atomic mass is 10.5. The molecular weight excluding hydrogens is 194 g/mol. The van der Waals surface area contributed by atoms with Crippen molar-refractivity contribution in [3.63, 3.8) is 0 Å². The zero-order valence-electron chi connectivity index (χ0n) is 6.54. The molecular formula is C5H3N5O4. The minimum Gasteiger partial charge on any atom is -0.489 e. The van der Waals surface area contributed by atoms with Crippen molar-refractivity contribution in [1.29, 1.82) is 0 Å². The van der Waals surface area contributed by atoms with Gasteiger partial charge in [0, 0.05) is 5.27 Å². The highest BCUT2D eigenvalue weighted by Crippen LogP contribution is 2.24. The number of hydrogen-bond donors (Lipinski definition) is 2. The summed E-state index contributed by atoms with van der Waals surface area (Å²) in [5.41, 5.74) is 0. The standard InChI is InChI=1S/C5H3N5O4/c11-5-3(14-9-8-5)4-6-1-2(7-4)10(12)13/h1,11H,(H,6,7). The fourth-order valence-corrected chi connectivity index (χ4v) is 0.855. The normalized spacial score (nSPS) is 10.3. The van der Waals surface area contributed by atoms with E-state index < -0.39 is 10.8 Å². The maximum absolute atomic E-state index is 10.3. The van der Waals surface area contributed by atoms with Crippen LogP contribution in [0, 0.1) is 10.1 Å². The molecule has 0 atom stereocenters. The smallest absolute Gasteiger partial charge is 0.341 e. The Balaban J connectivity index is 2.43. The lowest BCUT2D eigenvalue weighted by Gasteiger charge is -1.85. The summed E-state index contributed by atoms with van der Waals surface area (Å²) < 4.78 is 4.52. The molecule has 0 amide bonds. The topological polar surface area (TPSA) is 131 Å². The van der Waals surface area contributed by atoms with Crippen LogP contribution in [0.25, 0.3) is 11.6 Å². The van der Waals surface area contributed by atoms with E-state index in [1.165, 1.54) is 0 Å². The first-order chi connectivity index (χ1) is 6.68. The zero-order valence-corrected chi connectivity index (χ0v) is 6.54. The highest BCUT2D eigenvalue weighted by molar-refractivity contribution is 5.53. The van der Waals surface area contributed by atoms with E-state index in [1.807, 2.05) is 0 Å². The Morgan fingerprint density at radius 1 is 1.64 bits per heavy atom. The van der Waals surface area contributed by atoms with Crippen molar-refractivity contribution in [3.8, 4) is 17.5 Å². The summed E-state index contributed by atoms with van der Waals surface area (Å²) in [6, 6.07) is 0. The van der Waals surface area contributed by atoms with E-state index in [0.29, 0.717) is 0 Å². The van der Waals surface area contributed by atoms with Crippen LogP contribution in [-0.2, 0) is 0 Å². The van der Waals surface area contributed by atoms with Crippen LogP contribution in [0.4, 0.5) is 5.82 Å². The van der Waals surface area contributed by atoms with Crippen molar-refractivity contribution in [2.24, 2.45) is 0 Å². The molecule has 0 bridgehead atoms. The summed E-state index contributed by atoms with van der Waals surface area (Å²) >= 11 is 0. The minimum absolute atomic E-state index is 0.000741. The number of H-pyrrole nitrogens is 1.